The zero-order valence-electron chi connectivity index (χ0n) is 18.5. The Morgan fingerprint density at radius 2 is 1.90 bits per heavy atom. The predicted molar refractivity (Wildman–Crippen MR) is 115 cm³/mol. The number of rotatable bonds is 9. The van der Waals surface area contributed by atoms with Crippen molar-refractivity contribution in [2.75, 3.05) is 12.8 Å². The van der Waals surface area contributed by atoms with E-state index in [0.717, 1.165) is 19.4 Å². The van der Waals surface area contributed by atoms with E-state index in [2.05, 4.69) is 12.2 Å². The third-order valence-electron chi connectivity index (χ3n) is 6.29. The highest BCUT2D eigenvalue weighted by atomic mass is 32.2. The molecule has 0 spiro atoms. The molecule has 2 saturated heterocycles. The first kappa shape index (κ1) is 24.9. The molecule has 4 N–H and O–H groups in total. The van der Waals surface area contributed by atoms with Crippen LogP contribution >= 0.6 is 11.8 Å². The van der Waals surface area contributed by atoms with Crippen LogP contribution < -0.4 is 5.32 Å². The molecular formula is C21H40N2O5S. The summed E-state index contributed by atoms with van der Waals surface area (Å²) >= 11 is 1.29. The van der Waals surface area contributed by atoms with Crippen LogP contribution in [0.3, 0.4) is 0 Å². The van der Waals surface area contributed by atoms with Crippen molar-refractivity contribution in [2.24, 2.45) is 11.8 Å². The maximum absolute atomic E-state index is 12.7. The summed E-state index contributed by atoms with van der Waals surface area (Å²) in [5, 5.41) is 34.8. The molecule has 170 valence electrons. The molecule has 2 heterocycles. The van der Waals surface area contributed by atoms with Gasteiger partial charge >= 0.3 is 0 Å². The van der Waals surface area contributed by atoms with Crippen LogP contribution in [0.25, 0.3) is 0 Å². The van der Waals surface area contributed by atoms with Crippen molar-refractivity contribution in [3.63, 3.8) is 0 Å². The number of nitrogens with zero attached hydrogens (tertiary/aromatic N) is 1. The van der Waals surface area contributed by atoms with Gasteiger partial charge in [0.15, 0.2) is 0 Å². The van der Waals surface area contributed by atoms with E-state index in [0.29, 0.717) is 5.92 Å². The monoisotopic (exact) mass is 432 g/mol. The van der Waals surface area contributed by atoms with E-state index in [1.165, 1.54) is 31.0 Å². The molecule has 2 rings (SSSR count). The average Bonchev–Trinajstić information content (AvgIpc) is 3.13. The van der Waals surface area contributed by atoms with Crippen molar-refractivity contribution < 1.29 is 24.9 Å². The second kappa shape index (κ2) is 11.3. The van der Waals surface area contributed by atoms with Gasteiger partial charge in [0.2, 0.25) is 5.91 Å². The third-order valence-corrected chi connectivity index (χ3v) is 7.15. The van der Waals surface area contributed by atoms with E-state index in [9.17, 15) is 20.1 Å². The number of thioether (sulfide) groups is 1. The Morgan fingerprint density at radius 1 is 1.21 bits per heavy atom. The van der Waals surface area contributed by atoms with Crippen LogP contribution in [0.2, 0.25) is 0 Å². The Morgan fingerprint density at radius 3 is 2.45 bits per heavy atom. The van der Waals surface area contributed by atoms with E-state index in [4.69, 9.17) is 4.74 Å². The van der Waals surface area contributed by atoms with E-state index >= 15 is 0 Å². The molecule has 8 heteroatoms. The zero-order valence-corrected chi connectivity index (χ0v) is 19.3. The molecule has 2 fully saturated rings. The number of aliphatic hydroxyl groups is 3. The Labute approximate surface area is 179 Å². The molecule has 0 bridgehead atoms. The summed E-state index contributed by atoms with van der Waals surface area (Å²) in [6.07, 6.45) is 2.84. The van der Waals surface area contributed by atoms with E-state index in [1.807, 2.05) is 13.8 Å². The molecular weight excluding hydrogens is 392 g/mol. The minimum Gasteiger partial charge on any atom is -0.388 e. The number of hydrogen-bond acceptors (Lipinski definition) is 7. The SMILES string of the molecule is CCCCCC1CNC(N(C(C)=O)C(C(C)C)C2OC(SC)C(O)C(O)C2O)C1. The minimum atomic E-state index is -1.31. The lowest BCUT2D eigenvalue weighted by Gasteiger charge is -2.48. The number of unbranched alkanes of at least 4 members (excludes halogenated alkanes) is 2. The summed E-state index contributed by atoms with van der Waals surface area (Å²) in [4.78, 5) is 14.5. The van der Waals surface area contributed by atoms with E-state index in [-0.39, 0.29) is 18.0 Å². The quantitative estimate of drug-likeness (QED) is 0.410. The van der Waals surface area contributed by atoms with Gasteiger partial charge in [-0.3, -0.25) is 10.1 Å². The fourth-order valence-corrected chi connectivity index (χ4v) is 5.43. The summed E-state index contributed by atoms with van der Waals surface area (Å²) in [7, 11) is 0. The van der Waals surface area contributed by atoms with Crippen LogP contribution in [0.15, 0.2) is 0 Å². The van der Waals surface area contributed by atoms with Crippen molar-refractivity contribution in [3.8, 4) is 0 Å². The molecule has 8 atom stereocenters. The topological polar surface area (TPSA) is 102 Å². The number of nitrogens with one attached hydrogen (secondary N) is 1. The predicted octanol–water partition coefficient (Wildman–Crippen LogP) is 1.55. The lowest BCUT2D eigenvalue weighted by molar-refractivity contribution is -0.219. The van der Waals surface area contributed by atoms with E-state index in [1.54, 1.807) is 18.1 Å². The van der Waals surface area contributed by atoms with Crippen molar-refractivity contribution >= 4 is 17.7 Å². The first-order valence-corrected chi connectivity index (χ1v) is 12.3. The number of ether oxygens (including phenoxy) is 1. The van der Waals surface area contributed by atoms with Gasteiger partial charge < -0.3 is 25.0 Å². The van der Waals surface area contributed by atoms with Crippen molar-refractivity contribution in [1.82, 2.24) is 10.2 Å². The maximum atomic E-state index is 12.7. The van der Waals surface area contributed by atoms with Gasteiger partial charge in [0.25, 0.3) is 0 Å². The van der Waals surface area contributed by atoms with E-state index < -0.39 is 35.9 Å². The highest BCUT2D eigenvalue weighted by Crippen LogP contribution is 2.34. The smallest absolute Gasteiger partial charge is 0.221 e. The van der Waals surface area contributed by atoms with Crippen LogP contribution in [0.5, 0.6) is 0 Å². The Hall–Kier alpha value is -0.380. The van der Waals surface area contributed by atoms with Gasteiger partial charge in [-0.25, -0.2) is 0 Å². The third kappa shape index (κ3) is 5.86. The summed E-state index contributed by atoms with van der Waals surface area (Å²) in [5.74, 6) is 0.460. The molecule has 0 aromatic rings. The van der Waals surface area contributed by atoms with Crippen molar-refractivity contribution in [2.45, 2.75) is 102 Å². The van der Waals surface area contributed by atoms with Gasteiger partial charge in [-0.1, -0.05) is 40.0 Å². The summed E-state index contributed by atoms with van der Waals surface area (Å²) in [5.41, 5.74) is -0.646. The van der Waals surface area contributed by atoms with Crippen LogP contribution in [0, 0.1) is 11.8 Å². The summed E-state index contributed by atoms with van der Waals surface area (Å²) in [6, 6.07) is -0.411. The highest BCUT2D eigenvalue weighted by molar-refractivity contribution is 7.99. The Kier molecular flexibility index (Phi) is 9.70. The molecule has 0 aromatic carbocycles. The molecule has 1 amide bonds. The second-order valence-corrected chi connectivity index (χ2v) is 9.80. The highest BCUT2D eigenvalue weighted by Gasteiger charge is 2.50. The number of aliphatic hydroxyl groups excluding tert-OH is 3. The molecule has 2 aliphatic rings. The maximum Gasteiger partial charge on any atom is 0.221 e. The number of carbonyl (C=O) groups is 1. The summed E-state index contributed by atoms with van der Waals surface area (Å²) in [6.45, 7) is 8.62. The molecule has 0 saturated carbocycles. The van der Waals surface area contributed by atoms with Gasteiger partial charge in [0.05, 0.1) is 12.2 Å². The zero-order chi connectivity index (χ0) is 21.7. The van der Waals surface area contributed by atoms with Crippen LogP contribution in [0.1, 0.15) is 59.8 Å². The number of hydrogen-bond donors (Lipinski definition) is 4. The molecule has 2 aliphatic heterocycles. The van der Waals surface area contributed by atoms with Gasteiger partial charge in [0, 0.05) is 6.92 Å². The first-order valence-electron chi connectivity index (χ1n) is 11.0. The minimum absolute atomic E-state index is 0.00411. The fourth-order valence-electron chi connectivity index (χ4n) is 4.75. The van der Waals surface area contributed by atoms with Gasteiger partial charge in [-0.05, 0) is 37.5 Å². The molecule has 0 aliphatic carbocycles. The van der Waals surface area contributed by atoms with Gasteiger partial charge in [0.1, 0.15) is 29.9 Å². The number of carbonyl (C=O) groups excluding carboxylic acids is 1. The van der Waals surface area contributed by atoms with Crippen molar-refractivity contribution in [1.29, 1.82) is 0 Å². The molecule has 29 heavy (non-hydrogen) atoms. The lowest BCUT2D eigenvalue weighted by atomic mass is 9.87. The van der Waals surface area contributed by atoms with Gasteiger partial charge in [-0.2, -0.15) is 0 Å². The largest absolute Gasteiger partial charge is 0.388 e. The Balaban J connectivity index is 2.20. The van der Waals surface area contributed by atoms with Crippen LogP contribution in [0.4, 0.5) is 0 Å². The normalized spacial score (nSPS) is 36.4. The first-order chi connectivity index (χ1) is 13.7. The number of amides is 1. The molecule has 8 unspecified atom stereocenters. The summed E-state index contributed by atoms with van der Waals surface area (Å²) < 4.78 is 6.03. The molecule has 0 aromatic heterocycles. The van der Waals surface area contributed by atoms with Gasteiger partial charge in [-0.15, -0.1) is 11.8 Å². The fraction of sp³-hybridized carbons (Fsp3) is 0.952. The van der Waals surface area contributed by atoms with Crippen LogP contribution in [-0.2, 0) is 9.53 Å². The standard InChI is InChI=1S/C21H40N2O5S/c1-6-7-8-9-14-10-15(22-11-14)23(13(4)24)16(12(2)3)20-18(26)17(25)19(27)21(28-20)29-5/h12,14-22,25-27H,6-11H2,1-5H3. The average molecular weight is 433 g/mol. The second-order valence-electron chi connectivity index (χ2n) is 8.86. The lowest BCUT2D eigenvalue weighted by Crippen LogP contribution is -2.66. The molecule has 0 radical (unpaired) electrons. The van der Waals surface area contributed by atoms with Crippen LogP contribution in [-0.4, -0.2) is 81.0 Å². The van der Waals surface area contributed by atoms with Crippen molar-refractivity contribution in [3.05, 3.63) is 0 Å². The Bertz CT molecular complexity index is 521. The molecule has 7 nitrogen and oxygen atoms in total.